The van der Waals surface area contributed by atoms with Gasteiger partial charge in [-0.05, 0) is 98.0 Å². The highest BCUT2D eigenvalue weighted by Gasteiger charge is 2.45. The second kappa shape index (κ2) is 16.5. The van der Waals surface area contributed by atoms with Gasteiger partial charge in [0.1, 0.15) is 6.04 Å². The van der Waals surface area contributed by atoms with Crippen LogP contribution in [0, 0.1) is 17.9 Å². The first-order chi connectivity index (χ1) is 28.1. The van der Waals surface area contributed by atoms with Crippen LogP contribution in [-0.4, -0.2) is 122 Å². The molecule has 1 spiro atoms. The SMILES string of the molecule is S.[C-]#[N+]c1ccc(N2CCC3(CCN(C(=O)c4ccc(N5CCN(C[C@@H]6CCN(c7ccc8c(c7)C(=O)N(C7CCC(=O)NC7=O)C8=O)C6)CC5)cc4)CC3)C2)cc1Cl. The van der Waals surface area contributed by atoms with Gasteiger partial charge >= 0.3 is 0 Å². The van der Waals surface area contributed by atoms with E-state index in [2.05, 4.69) is 41.9 Å². The molecule has 15 heteroatoms. The summed E-state index contributed by atoms with van der Waals surface area (Å²) in [6, 6.07) is 18.2. The summed E-state index contributed by atoms with van der Waals surface area (Å²) in [5.74, 6) is -1.38. The predicted octanol–water partition coefficient (Wildman–Crippen LogP) is 5.19. The first kappa shape index (κ1) is 40.7. The average molecular weight is 837 g/mol. The molecule has 0 saturated carbocycles. The summed E-state index contributed by atoms with van der Waals surface area (Å²) in [6.45, 7) is 17.1. The first-order valence-corrected chi connectivity index (χ1v) is 20.8. The zero-order chi connectivity index (χ0) is 40.1. The summed E-state index contributed by atoms with van der Waals surface area (Å²) in [5, 5.41) is 2.75. The molecule has 5 saturated heterocycles. The molecule has 0 aliphatic carbocycles. The number of fused-ring (bicyclic) bond motifs is 1. The van der Waals surface area contributed by atoms with Crippen LogP contribution in [-0.2, 0) is 9.59 Å². The van der Waals surface area contributed by atoms with Crippen molar-refractivity contribution in [1.82, 2.24) is 20.0 Å². The first-order valence-electron chi connectivity index (χ1n) is 20.5. The number of nitrogens with zero attached hydrogens (tertiary/aromatic N) is 7. The molecule has 308 valence electrons. The van der Waals surface area contributed by atoms with Crippen LogP contribution in [0.1, 0.15) is 69.6 Å². The maximum atomic E-state index is 13.6. The summed E-state index contributed by atoms with van der Waals surface area (Å²) in [6.07, 6.45) is 4.32. The van der Waals surface area contributed by atoms with Crippen molar-refractivity contribution < 1.29 is 24.0 Å². The number of amides is 5. The number of carbonyl (C=O) groups excluding carboxylic acids is 5. The molecular formula is C44H49ClN8O5S. The number of benzene rings is 3. The fourth-order valence-corrected chi connectivity index (χ4v) is 10.2. The molecule has 3 aromatic carbocycles. The zero-order valence-corrected chi connectivity index (χ0v) is 34.8. The van der Waals surface area contributed by atoms with E-state index in [9.17, 15) is 24.0 Å². The van der Waals surface area contributed by atoms with Gasteiger partial charge in [0.25, 0.3) is 17.7 Å². The molecule has 6 aliphatic heterocycles. The molecule has 13 nitrogen and oxygen atoms in total. The van der Waals surface area contributed by atoms with Gasteiger partial charge in [-0.25, -0.2) is 4.85 Å². The number of piperazine rings is 1. The Morgan fingerprint density at radius 2 is 1.44 bits per heavy atom. The van der Waals surface area contributed by atoms with E-state index in [1.54, 1.807) is 18.2 Å². The third-order valence-corrected chi connectivity index (χ3v) is 13.7. The molecule has 2 atom stereocenters. The topological polar surface area (TPSA) is 121 Å². The number of likely N-dealkylation sites (tertiary alicyclic amines) is 1. The van der Waals surface area contributed by atoms with Gasteiger partial charge in [0.05, 0.1) is 17.7 Å². The molecule has 5 amide bonds. The van der Waals surface area contributed by atoms with E-state index < -0.39 is 23.8 Å². The fraction of sp³-hybridized carbons (Fsp3) is 0.455. The van der Waals surface area contributed by atoms with Crippen LogP contribution in [0.15, 0.2) is 60.7 Å². The maximum Gasteiger partial charge on any atom is 0.262 e. The monoisotopic (exact) mass is 836 g/mol. The number of hydrogen-bond acceptors (Lipinski definition) is 9. The van der Waals surface area contributed by atoms with Crippen LogP contribution < -0.4 is 20.0 Å². The van der Waals surface area contributed by atoms with Gasteiger partial charge in [0.2, 0.25) is 17.5 Å². The van der Waals surface area contributed by atoms with E-state index in [0.717, 1.165) is 125 Å². The highest BCUT2D eigenvalue weighted by Crippen LogP contribution is 2.43. The molecule has 1 unspecified atom stereocenters. The summed E-state index contributed by atoms with van der Waals surface area (Å²) < 4.78 is 0. The molecule has 3 aromatic rings. The summed E-state index contributed by atoms with van der Waals surface area (Å²) in [4.78, 5) is 80.2. The van der Waals surface area contributed by atoms with Crippen LogP contribution in [0.2, 0.25) is 5.02 Å². The number of anilines is 3. The minimum atomic E-state index is -0.970. The van der Waals surface area contributed by atoms with Gasteiger partial charge in [0.15, 0.2) is 0 Å². The Morgan fingerprint density at radius 1 is 0.763 bits per heavy atom. The van der Waals surface area contributed by atoms with E-state index in [4.69, 9.17) is 18.2 Å². The van der Waals surface area contributed by atoms with E-state index in [0.29, 0.717) is 27.8 Å². The van der Waals surface area contributed by atoms with Crippen molar-refractivity contribution in [1.29, 1.82) is 0 Å². The Kier molecular flexibility index (Phi) is 11.4. The molecular weight excluding hydrogens is 788 g/mol. The van der Waals surface area contributed by atoms with Crippen LogP contribution in [0.25, 0.3) is 4.85 Å². The Labute approximate surface area is 356 Å². The standard InChI is InChI=1S/C44H47ClN8O5.H2S/c1-46-37-9-7-33(25-36(37)45)52-19-15-44(28-52)13-17-50(18-14-44)41(56)30-2-4-31(5-3-30)49-22-20-48(21-23-49)26-29-12-16-51(27-29)32-6-8-34-35(24-32)43(58)53(42(34)57)38-10-11-39(54)47-40(38)55;/h2-9,24-25,29,38H,10-23,26-28H2,(H,47,54,55);1H2/t29-,38?;/m0./s1. The third-order valence-electron chi connectivity index (χ3n) is 13.4. The number of piperidine rings is 2. The van der Waals surface area contributed by atoms with Crippen LogP contribution in [0.4, 0.5) is 22.7 Å². The lowest BCUT2D eigenvalue weighted by Gasteiger charge is -2.39. The molecule has 1 N–H and O–H groups in total. The van der Waals surface area contributed by atoms with Crippen molar-refractivity contribution >= 4 is 77.4 Å². The number of halogens is 1. The molecule has 59 heavy (non-hydrogen) atoms. The second-order valence-electron chi connectivity index (χ2n) is 16.8. The highest BCUT2D eigenvalue weighted by atomic mass is 35.5. The van der Waals surface area contributed by atoms with Gasteiger partial charge in [-0.15, -0.1) is 0 Å². The molecule has 6 aliphatic rings. The lowest BCUT2D eigenvalue weighted by Crippen LogP contribution is -2.54. The second-order valence-corrected chi connectivity index (χ2v) is 17.2. The number of hydrogen-bond donors (Lipinski definition) is 1. The fourth-order valence-electron chi connectivity index (χ4n) is 9.95. The molecule has 0 aromatic heterocycles. The third kappa shape index (κ3) is 7.88. The van der Waals surface area contributed by atoms with Crippen molar-refractivity contribution in [3.63, 3.8) is 0 Å². The highest BCUT2D eigenvalue weighted by molar-refractivity contribution is 7.59. The summed E-state index contributed by atoms with van der Waals surface area (Å²) in [5.41, 5.74) is 5.12. The largest absolute Gasteiger partial charge is 0.371 e. The predicted molar refractivity (Wildman–Crippen MR) is 231 cm³/mol. The van der Waals surface area contributed by atoms with Gasteiger partial charge in [-0.1, -0.05) is 17.7 Å². The molecule has 9 rings (SSSR count). The van der Waals surface area contributed by atoms with E-state index in [-0.39, 0.29) is 43.6 Å². The van der Waals surface area contributed by atoms with Crippen LogP contribution in [0.3, 0.4) is 0 Å². The number of rotatable bonds is 7. The van der Waals surface area contributed by atoms with E-state index in [1.807, 2.05) is 35.2 Å². The quantitative estimate of drug-likeness (QED) is 0.254. The van der Waals surface area contributed by atoms with Crippen molar-refractivity contribution in [3.8, 4) is 0 Å². The summed E-state index contributed by atoms with van der Waals surface area (Å²) >= 11 is 6.33. The molecule has 6 heterocycles. The van der Waals surface area contributed by atoms with Gasteiger partial charge in [-0.2, -0.15) is 13.5 Å². The lowest BCUT2D eigenvalue weighted by atomic mass is 9.77. The number of nitrogens with one attached hydrogen (secondary N) is 1. The minimum absolute atomic E-state index is 0. The van der Waals surface area contributed by atoms with Crippen molar-refractivity contribution in [2.45, 2.75) is 44.6 Å². The van der Waals surface area contributed by atoms with Crippen LogP contribution in [0.5, 0.6) is 0 Å². The van der Waals surface area contributed by atoms with Crippen molar-refractivity contribution in [2.24, 2.45) is 11.3 Å². The lowest BCUT2D eigenvalue weighted by molar-refractivity contribution is -0.136. The Morgan fingerprint density at radius 3 is 2.15 bits per heavy atom. The summed E-state index contributed by atoms with van der Waals surface area (Å²) in [7, 11) is 0. The van der Waals surface area contributed by atoms with Gasteiger partial charge < -0.3 is 19.6 Å². The number of imide groups is 2. The van der Waals surface area contributed by atoms with E-state index in [1.165, 1.54) is 0 Å². The van der Waals surface area contributed by atoms with Crippen LogP contribution >= 0.6 is 25.1 Å². The molecule has 0 radical (unpaired) electrons. The van der Waals surface area contributed by atoms with Crippen molar-refractivity contribution in [2.75, 3.05) is 86.7 Å². The maximum absolute atomic E-state index is 13.6. The van der Waals surface area contributed by atoms with E-state index >= 15 is 0 Å². The molecule has 0 bridgehead atoms. The number of carbonyl (C=O) groups is 5. The minimum Gasteiger partial charge on any atom is -0.371 e. The van der Waals surface area contributed by atoms with Gasteiger partial charge in [-0.3, -0.25) is 39.1 Å². The Hall–Kier alpha value is -5.10. The van der Waals surface area contributed by atoms with Gasteiger partial charge in [0, 0.05) is 106 Å². The Bertz CT molecular complexity index is 2210. The smallest absolute Gasteiger partial charge is 0.262 e. The zero-order valence-electron chi connectivity index (χ0n) is 33.0. The Balaban J connectivity index is 0.00000484. The van der Waals surface area contributed by atoms with Crippen molar-refractivity contribution in [3.05, 3.63) is 93.8 Å². The normalized spacial score (nSPS) is 23.1. The molecule has 5 fully saturated rings. The average Bonchev–Trinajstić information content (AvgIpc) is 3.95.